The van der Waals surface area contributed by atoms with Crippen molar-refractivity contribution in [2.75, 3.05) is 0 Å². The number of nitrogens with one attached hydrogen (secondary N) is 1. The Kier molecular flexibility index (Phi) is 5.63. The number of hydrogen-bond acceptors (Lipinski definition) is 3. The Hall–Kier alpha value is -1.78. The van der Waals surface area contributed by atoms with Crippen LogP contribution in [-0.4, -0.2) is 17.0 Å². The van der Waals surface area contributed by atoms with Gasteiger partial charge in [-0.3, -0.25) is 4.79 Å². The molecule has 1 aromatic rings. The van der Waals surface area contributed by atoms with Gasteiger partial charge in [-0.1, -0.05) is 32.6 Å². The van der Waals surface area contributed by atoms with Gasteiger partial charge in [0.2, 0.25) is 5.91 Å². The second-order valence-corrected chi connectivity index (χ2v) is 6.20. The summed E-state index contributed by atoms with van der Waals surface area (Å²) >= 11 is 0. The molecule has 0 saturated heterocycles. The Morgan fingerprint density at radius 2 is 2.09 bits per heavy atom. The van der Waals surface area contributed by atoms with Crippen molar-refractivity contribution >= 4 is 11.9 Å². The topological polar surface area (TPSA) is 79.5 Å². The van der Waals surface area contributed by atoms with Crippen molar-refractivity contribution in [3.63, 3.8) is 0 Å². The summed E-state index contributed by atoms with van der Waals surface area (Å²) in [7, 11) is 0. The van der Waals surface area contributed by atoms with Gasteiger partial charge in [-0.05, 0) is 31.7 Å². The van der Waals surface area contributed by atoms with Crippen molar-refractivity contribution < 1.29 is 19.1 Å². The third kappa shape index (κ3) is 4.12. The van der Waals surface area contributed by atoms with E-state index in [9.17, 15) is 9.59 Å². The van der Waals surface area contributed by atoms with Crippen molar-refractivity contribution in [3.8, 4) is 0 Å². The van der Waals surface area contributed by atoms with Gasteiger partial charge >= 0.3 is 5.97 Å². The van der Waals surface area contributed by atoms with Gasteiger partial charge < -0.3 is 14.8 Å². The number of carbonyl (C=O) groups is 2. The zero-order valence-electron chi connectivity index (χ0n) is 13.4. The first-order valence-electron chi connectivity index (χ1n) is 8.11. The Morgan fingerprint density at radius 3 is 2.64 bits per heavy atom. The van der Waals surface area contributed by atoms with Crippen LogP contribution >= 0.6 is 0 Å². The number of rotatable bonds is 7. The van der Waals surface area contributed by atoms with Crippen molar-refractivity contribution in [2.24, 2.45) is 11.8 Å². The second-order valence-electron chi connectivity index (χ2n) is 6.20. The van der Waals surface area contributed by atoms with Crippen molar-refractivity contribution in [1.82, 2.24) is 5.32 Å². The normalized spacial score (nSPS) is 16.6. The van der Waals surface area contributed by atoms with Crippen LogP contribution in [0.4, 0.5) is 0 Å². The van der Waals surface area contributed by atoms with Gasteiger partial charge in [-0.15, -0.1) is 0 Å². The predicted octanol–water partition coefficient (Wildman–Crippen LogP) is 3.51. The van der Waals surface area contributed by atoms with E-state index in [4.69, 9.17) is 9.52 Å². The Morgan fingerprint density at radius 1 is 1.41 bits per heavy atom. The predicted molar refractivity (Wildman–Crippen MR) is 82.6 cm³/mol. The Balaban J connectivity index is 1.87. The van der Waals surface area contributed by atoms with Crippen LogP contribution in [0.15, 0.2) is 10.5 Å². The molecular weight excluding hydrogens is 282 g/mol. The maximum atomic E-state index is 12.3. The lowest BCUT2D eigenvalue weighted by atomic mass is 9.91. The van der Waals surface area contributed by atoms with Gasteiger partial charge in [0, 0.05) is 5.92 Å². The zero-order valence-corrected chi connectivity index (χ0v) is 13.4. The Labute approximate surface area is 131 Å². The zero-order chi connectivity index (χ0) is 16.1. The number of amides is 1. The first-order valence-corrected chi connectivity index (χ1v) is 8.11. The van der Waals surface area contributed by atoms with E-state index in [1.165, 1.54) is 31.7 Å². The van der Waals surface area contributed by atoms with E-state index < -0.39 is 5.97 Å². The number of furan rings is 1. The van der Waals surface area contributed by atoms with Gasteiger partial charge in [0.05, 0.1) is 6.54 Å². The van der Waals surface area contributed by atoms with E-state index >= 15 is 0 Å². The molecule has 0 radical (unpaired) electrons. The van der Waals surface area contributed by atoms with Crippen LogP contribution in [0, 0.1) is 18.8 Å². The van der Waals surface area contributed by atoms with E-state index in [-0.39, 0.29) is 23.9 Å². The summed E-state index contributed by atoms with van der Waals surface area (Å²) in [6.45, 7) is 3.90. The summed E-state index contributed by atoms with van der Waals surface area (Å²) in [5.41, 5.74) is 0.155. The molecule has 0 bridgehead atoms. The highest BCUT2D eigenvalue weighted by molar-refractivity contribution is 5.88. The van der Waals surface area contributed by atoms with E-state index in [1.54, 1.807) is 6.92 Å². The number of hydrogen-bond donors (Lipinski definition) is 2. The van der Waals surface area contributed by atoms with E-state index in [1.807, 2.05) is 6.92 Å². The van der Waals surface area contributed by atoms with Crippen LogP contribution < -0.4 is 5.32 Å². The van der Waals surface area contributed by atoms with Gasteiger partial charge in [-0.25, -0.2) is 4.79 Å². The number of carbonyl (C=O) groups excluding carboxylic acids is 1. The third-order valence-corrected chi connectivity index (χ3v) is 4.59. The molecule has 0 spiro atoms. The molecule has 1 unspecified atom stereocenters. The molecule has 22 heavy (non-hydrogen) atoms. The molecule has 1 saturated carbocycles. The maximum absolute atomic E-state index is 12.3. The van der Waals surface area contributed by atoms with Gasteiger partial charge in [0.25, 0.3) is 0 Å². The summed E-state index contributed by atoms with van der Waals surface area (Å²) in [4.78, 5) is 23.3. The highest BCUT2D eigenvalue weighted by atomic mass is 16.4. The van der Waals surface area contributed by atoms with E-state index in [2.05, 4.69) is 5.32 Å². The lowest BCUT2D eigenvalue weighted by Crippen LogP contribution is -2.31. The highest BCUT2D eigenvalue weighted by Crippen LogP contribution is 2.31. The monoisotopic (exact) mass is 307 g/mol. The summed E-state index contributed by atoms with van der Waals surface area (Å²) in [5, 5.41) is 11.9. The molecule has 0 aliphatic heterocycles. The molecule has 1 aromatic heterocycles. The van der Waals surface area contributed by atoms with E-state index in [0.29, 0.717) is 17.4 Å². The fraction of sp³-hybridized carbons (Fsp3) is 0.647. The molecule has 1 amide bonds. The Bertz CT molecular complexity index is 529. The lowest BCUT2D eigenvalue weighted by molar-refractivity contribution is -0.125. The van der Waals surface area contributed by atoms with Crippen LogP contribution in [0.3, 0.4) is 0 Å². The molecule has 1 heterocycles. The molecule has 0 aromatic carbocycles. The molecule has 1 aliphatic rings. The van der Waals surface area contributed by atoms with Crippen molar-refractivity contribution in [1.29, 1.82) is 0 Å². The minimum absolute atomic E-state index is 0.0399. The van der Waals surface area contributed by atoms with Crippen molar-refractivity contribution in [2.45, 2.75) is 58.9 Å². The molecular formula is C17H25NO4. The molecule has 5 nitrogen and oxygen atoms in total. The molecule has 2 rings (SSSR count). The van der Waals surface area contributed by atoms with Crippen LogP contribution in [0.25, 0.3) is 0 Å². The maximum Gasteiger partial charge on any atom is 0.339 e. The number of carboxylic acids is 1. The molecule has 1 atom stereocenters. The average molecular weight is 307 g/mol. The largest absolute Gasteiger partial charge is 0.478 e. The summed E-state index contributed by atoms with van der Waals surface area (Å²) < 4.78 is 5.38. The average Bonchev–Trinajstić information content (AvgIpc) is 3.11. The van der Waals surface area contributed by atoms with Crippen LogP contribution in [0.1, 0.15) is 67.3 Å². The molecule has 122 valence electrons. The minimum atomic E-state index is -1.01. The molecule has 1 aliphatic carbocycles. The smallest absolute Gasteiger partial charge is 0.339 e. The summed E-state index contributed by atoms with van der Waals surface area (Å²) in [6.07, 6.45) is 6.84. The minimum Gasteiger partial charge on any atom is -0.478 e. The van der Waals surface area contributed by atoms with Gasteiger partial charge in [0.15, 0.2) is 0 Å². The quantitative estimate of drug-likeness (QED) is 0.808. The molecule has 2 N–H and O–H groups in total. The van der Waals surface area contributed by atoms with E-state index in [0.717, 1.165) is 12.8 Å². The number of aromatic carboxylic acids is 1. The lowest BCUT2D eigenvalue weighted by Gasteiger charge is -2.18. The first-order chi connectivity index (χ1) is 10.5. The van der Waals surface area contributed by atoms with Gasteiger partial charge in [-0.2, -0.15) is 0 Å². The standard InChI is InChI=1S/C17H25NO4/c1-3-13(8-12-6-4-5-7-12)16(19)18-10-14-9-15(17(20)21)11(2)22-14/h9,12-13H,3-8,10H2,1-2H3,(H,18,19)(H,20,21). The fourth-order valence-electron chi connectivity index (χ4n) is 3.27. The van der Waals surface area contributed by atoms with Crippen LogP contribution in [0.2, 0.25) is 0 Å². The SMILES string of the molecule is CCC(CC1CCCC1)C(=O)NCc1cc(C(=O)O)c(C)o1. The number of carboxylic acid groups (broad SMARTS) is 1. The second kappa shape index (κ2) is 7.47. The molecule has 5 heteroatoms. The van der Waals surface area contributed by atoms with Crippen LogP contribution in [0.5, 0.6) is 0 Å². The highest BCUT2D eigenvalue weighted by Gasteiger charge is 2.24. The first kappa shape index (κ1) is 16.6. The molecule has 1 fully saturated rings. The fourth-order valence-corrected chi connectivity index (χ4v) is 3.27. The summed E-state index contributed by atoms with van der Waals surface area (Å²) in [5.74, 6) is 0.610. The number of aryl methyl sites for hydroxylation is 1. The van der Waals surface area contributed by atoms with Crippen LogP contribution in [-0.2, 0) is 11.3 Å². The summed E-state index contributed by atoms with van der Waals surface area (Å²) in [6, 6.07) is 1.48. The van der Waals surface area contributed by atoms with Gasteiger partial charge in [0.1, 0.15) is 17.1 Å². The third-order valence-electron chi connectivity index (χ3n) is 4.59. The van der Waals surface area contributed by atoms with Crippen molar-refractivity contribution in [3.05, 3.63) is 23.2 Å².